The van der Waals surface area contributed by atoms with E-state index in [4.69, 9.17) is 9.47 Å². The Balaban J connectivity index is 2.82. The van der Waals surface area contributed by atoms with E-state index in [1.807, 2.05) is 0 Å². The zero-order valence-corrected chi connectivity index (χ0v) is 11.5. The molecule has 0 aliphatic heterocycles. The third kappa shape index (κ3) is 4.65. The van der Waals surface area contributed by atoms with E-state index < -0.39 is 0 Å². The number of methoxy groups -OCH3 is 1. The molecule has 1 amide bonds. The Morgan fingerprint density at radius 2 is 2.24 bits per heavy atom. The van der Waals surface area contributed by atoms with Crippen molar-refractivity contribution in [3.63, 3.8) is 0 Å². The molecule has 0 radical (unpaired) electrons. The predicted octanol–water partition coefficient (Wildman–Crippen LogP) is 2.82. The van der Waals surface area contributed by atoms with Crippen molar-refractivity contribution in [1.82, 2.24) is 0 Å². The molecule has 0 bridgehead atoms. The van der Waals surface area contributed by atoms with Gasteiger partial charge in [-0.1, -0.05) is 15.9 Å². The third-order valence-electron chi connectivity index (χ3n) is 2.04. The highest BCUT2D eigenvalue weighted by atomic mass is 79.9. The lowest BCUT2D eigenvalue weighted by Crippen LogP contribution is -2.08. The Kier molecular flexibility index (Phi) is 5.83. The van der Waals surface area contributed by atoms with Gasteiger partial charge >= 0.3 is 0 Å². The van der Waals surface area contributed by atoms with Gasteiger partial charge in [-0.3, -0.25) is 4.79 Å². The van der Waals surface area contributed by atoms with E-state index in [-0.39, 0.29) is 5.91 Å². The van der Waals surface area contributed by atoms with Crippen molar-refractivity contribution in [2.45, 2.75) is 13.3 Å². The number of hydrogen-bond donors (Lipinski definition) is 1. The molecule has 1 N–H and O–H groups in total. The zero-order chi connectivity index (χ0) is 12.7. The van der Waals surface area contributed by atoms with Crippen LogP contribution in [0, 0.1) is 0 Å². The zero-order valence-electron chi connectivity index (χ0n) is 9.96. The van der Waals surface area contributed by atoms with Gasteiger partial charge < -0.3 is 14.8 Å². The summed E-state index contributed by atoms with van der Waals surface area (Å²) in [4.78, 5) is 11.0. The maximum Gasteiger partial charge on any atom is 0.221 e. The van der Waals surface area contributed by atoms with E-state index >= 15 is 0 Å². The van der Waals surface area contributed by atoms with Crippen molar-refractivity contribution in [1.29, 1.82) is 0 Å². The van der Waals surface area contributed by atoms with Gasteiger partial charge in [-0.05, 0) is 18.6 Å². The van der Waals surface area contributed by atoms with Crippen molar-refractivity contribution in [3.8, 4) is 11.5 Å². The molecule has 1 aromatic rings. The highest BCUT2D eigenvalue weighted by molar-refractivity contribution is 9.09. The summed E-state index contributed by atoms with van der Waals surface area (Å²) in [6, 6.07) is 5.31. The smallest absolute Gasteiger partial charge is 0.221 e. The first-order valence-corrected chi connectivity index (χ1v) is 6.44. The normalized spacial score (nSPS) is 9.82. The molecule has 0 spiro atoms. The van der Waals surface area contributed by atoms with Crippen molar-refractivity contribution in [3.05, 3.63) is 18.2 Å². The summed E-state index contributed by atoms with van der Waals surface area (Å²) in [5.41, 5.74) is 0.660. The number of carbonyl (C=O) groups excluding carboxylic acids is 1. The lowest BCUT2D eigenvalue weighted by Gasteiger charge is -2.12. The SMILES string of the molecule is COc1ccc(NC(C)=O)c(OCCCBr)c1. The minimum absolute atomic E-state index is 0.125. The van der Waals surface area contributed by atoms with Crippen LogP contribution in [0.5, 0.6) is 11.5 Å². The topological polar surface area (TPSA) is 47.6 Å². The average molecular weight is 302 g/mol. The summed E-state index contributed by atoms with van der Waals surface area (Å²) < 4.78 is 10.7. The van der Waals surface area contributed by atoms with Crippen LogP contribution in [-0.4, -0.2) is 25.0 Å². The van der Waals surface area contributed by atoms with Crippen LogP contribution in [0.15, 0.2) is 18.2 Å². The van der Waals surface area contributed by atoms with Crippen LogP contribution >= 0.6 is 15.9 Å². The Morgan fingerprint density at radius 3 is 2.82 bits per heavy atom. The maximum absolute atomic E-state index is 11.0. The Hall–Kier alpha value is -1.23. The highest BCUT2D eigenvalue weighted by Crippen LogP contribution is 2.29. The number of amides is 1. The molecule has 5 heteroatoms. The summed E-state index contributed by atoms with van der Waals surface area (Å²) in [6.45, 7) is 2.05. The minimum atomic E-state index is -0.125. The Labute approximate surface area is 109 Å². The van der Waals surface area contributed by atoms with E-state index in [1.165, 1.54) is 6.92 Å². The van der Waals surface area contributed by atoms with Crippen molar-refractivity contribution < 1.29 is 14.3 Å². The van der Waals surface area contributed by atoms with Gasteiger partial charge in [0.15, 0.2) is 0 Å². The predicted molar refractivity (Wildman–Crippen MR) is 71.2 cm³/mol. The second-order valence-electron chi connectivity index (χ2n) is 3.43. The molecule has 0 heterocycles. The van der Waals surface area contributed by atoms with Crippen LogP contribution in [0.1, 0.15) is 13.3 Å². The van der Waals surface area contributed by atoms with Gasteiger partial charge in [0.1, 0.15) is 11.5 Å². The van der Waals surface area contributed by atoms with Gasteiger partial charge in [-0.2, -0.15) is 0 Å². The van der Waals surface area contributed by atoms with E-state index in [0.717, 1.165) is 11.8 Å². The van der Waals surface area contributed by atoms with Crippen LogP contribution in [0.4, 0.5) is 5.69 Å². The number of carbonyl (C=O) groups is 1. The second kappa shape index (κ2) is 7.17. The van der Waals surface area contributed by atoms with Crippen molar-refractivity contribution >= 4 is 27.5 Å². The number of nitrogens with one attached hydrogen (secondary N) is 1. The molecule has 4 nitrogen and oxygen atoms in total. The van der Waals surface area contributed by atoms with E-state index in [1.54, 1.807) is 25.3 Å². The molecule has 1 aromatic carbocycles. The molecule has 0 aliphatic carbocycles. The van der Waals surface area contributed by atoms with Gasteiger partial charge in [0.05, 0.1) is 19.4 Å². The fourth-order valence-electron chi connectivity index (χ4n) is 1.28. The average Bonchev–Trinajstić information content (AvgIpc) is 2.30. The number of anilines is 1. The molecular weight excluding hydrogens is 286 g/mol. The number of alkyl halides is 1. The lowest BCUT2D eigenvalue weighted by molar-refractivity contribution is -0.114. The van der Waals surface area contributed by atoms with Gasteiger partial charge in [-0.15, -0.1) is 0 Å². The van der Waals surface area contributed by atoms with Crippen LogP contribution in [-0.2, 0) is 4.79 Å². The van der Waals surface area contributed by atoms with Gasteiger partial charge in [0, 0.05) is 18.3 Å². The van der Waals surface area contributed by atoms with Crippen LogP contribution < -0.4 is 14.8 Å². The monoisotopic (exact) mass is 301 g/mol. The van der Waals surface area contributed by atoms with Crippen LogP contribution in [0.25, 0.3) is 0 Å². The largest absolute Gasteiger partial charge is 0.497 e. The second-order valence-corrected chi connectivity index (χ2v) is 4.23. The van der Waals surface area contributed by atoms with E-state index in [2.05, 4.69) is 21.2 Å². The quantitative estimate of drug-likeness (QED) is 0.649. The number of hydrogen-bond acceptors (Lipinski definition) is 3. The number of halogens is 1. The van der Waals surface area contributed by atoms with Crippen molar-refractivity contribution in [2.75, 3.05) is 24.4 Å². The molecule has 0 saturated carbocycles. The standard InChI is InChI=1S/C12H16BrNO3/c1-9(15)14-11-5-4-10(16-2)8-12(11)17-7-3-6-13/h4-5,8H,3,6-7H2,1-2H3,(H,14,15). The van der Waals surface area contributed by atoms with Gasteiger partial charge in [0.2, 0.25) is 5.91 Å². The molecule has 17 heavy (non-hydrogen) atoms. The lowest BCUT2D eigenvalue weighted by atomic mass is 10.2. The summed E-state index contributed by atoms with van der Waals surface area (Å²) in [7, 11) is 1.59. The van der Waals surface area contributed by atoms with Crippen LogP contribution in [0.2, 0.25) is 0 Å². The molecule has 94 valence electrons. The molecule has 0 fully saturated rings. The minimum Gasteiger partial charge on any atom is -0.497 e. The molecular formula is C12H16BrNO3. The van der Waals surface area contributed by atoms with Gasteiger partial charge in [0.25, 0.3) is 0 Å². The highest BCUT2D eigenvalue weighted by Gasteiger charge is 2.07. The van der Waals surface area contributed by atoms with Crippen molar-refractivity contribution in [2.24, 2.45) is 0 Å². The molecule has 0 saturated heterocycles. The molecule has 0 aromatic heterocycles. The first-order chi connectivity index (χ1) is 8.17. The summed E-state index contributed by atoms with van der Waals surface area (Å²) in [5.74, 6) is 1.20. The molecule has 0 atom stereocenters. The number of rotatable bonds is 6. The molecule has 0 unspecified atom stereocenters. The third-order valence-corrected chi connectivity index (χ3v) is 2.60. The summed E-state index contributed by atoms with van der Waals surface area (Å²) in [5, 5.41) is 3.60. The van der Waals surface area contributed by atoms with E-state index in [9.17, 15) is 4.79 Å². The van der Waals surface area contributed by atoms with Crippen LogP contribution in [0.3, 0.4) is 0 Å². The summed E-state index contributed by atoms with van der Waals surface area (Å²) in [6.07, 6.45) is 0.900. The molecule has 0 aliphatic rings. The maximum atomic E-state index is 11.0. The first kappa shape index (κ1) is 13.8. The van der Waals surface area contributed by atoms with Gasteiger partial charge in [-0.25, -0.2) is 0 Å². The Morgan fingerprint density at radius 1 is 1.47 bits per heavy atom. The number of ether oxygens (including phenoxy) is 2. The number of benzene rings is 1. The Bertz CT molecular complexity index is 382. The van der Waals surface area contributed by atoms with E-state index in [0.29, 0.717) is 23.8 Å². The first-order valence-electron chi connectivity index (χ1n) is 5.31. The fourth-order valence-corrected chi connectivity index (χ4v) is 1.51. The summed E-state index contributed by atoms with van der Waals surface area (Å²) >= 11 is 3.34. The molecule has 1 rings (SSSR count). The fraction of sp³-hybridized carbons (Fsp3) is 0.417.